The second-order valence-corrected chi connectivity index (χ2v) is 6.38. The molecule has 0 spiro atoms. The average Bonchev–Trinajstić information content (AvgIpc) is 2.60. The number of hydrazine groups is 1. The Morgan fingerprint density at radius 3 is 2.31 bits per heavy atom. The number of carbonyl (C=O) groups excluding carboxylic acids is 2. The van der Waals surface area contributed by atoms with Crippen molar-refractivity contribution in [2.24, 2.45) is 0 Å². The third-order valence-electron chi connectivity index (χ3n) is 3.12. The summed E-state index contributed by atoms with van der Waals surface area (Å²) in [6.45, 7) is 3.74. The fourth-order valence-corrected chi connectivity index (χ4v) is 2.27. The van der Waals surface area contributed by atoms with Gasteiger partial charge in [-0.05, 0) is 62.5 Å². The van der Waals surface area contributed by atoms with Gasteiger partial charge in [0.25, 0.3) is 11.8 Å². The number of ether oxygens (including phenoxy) is 1. The van der Waals surface area contributed by atoms with E-state index < -0.39 is 11.8 Å². The lowest BCUT2D eigenvalue weighted by molar-refractivity contribution is 0.0933. The Balaban J connectivity index is 1.92. The summed E-state index contributed by atoms with van der Waals surface area (Å²) in [7, 11) is 0. The minimum atomic E-state index is -0.445. The van der Waals surface area contributed by atoms with Crippen LogP contribution in [0.1, 0.15) is 34.6 Å². The van der Waals surface area contributed by atoms with Gasteiger partial charge in [0.1, 0.15) is 5.75 Å². The van der Waals surface area contributed by atoms with Crippen LogP contribution in [0.2, 0.25) is 5.02 Å². The Bertz CT molecular complexity index is 810. The summed E-state index contributed by atoms with van der Waals surface area (Å²) in [5.74, 6) is -0.408. The number of amides is 2. The molecule has 8 heteroatoms. The van der Waals surface area contributed by atoms with Crippen LogP contribution in [0.4, 0.5) is 0 Å². The molecular formula is C18H18ClN3O3S. The maximum absolute atomic E-state index is 12.4. The van der Waals surface area contributed by atoms with Gasteiger partial charge in [-0.3, -0.25) is 25.8 Å². The number of carbonyl (C=O) groups is 2. The Morgan fingerprint density at radius 2 is 1.65 bits per heavy atom. The number of halogens is 1. The van der Waals surface area contributed by atoms with Crippen LogP contribution in [-0.2, 0) is 0 Å². The van der Waals surface area contributed by atoms with Crippen LogP contribution in [0, 0.1) is 0 Å². The second-order valence-electron chi connectivity index (χ2n) is 5.53. The third-order valence-corrected chi connectivity index (χ3v) is 3.57. The highest BCUT2D eigenvalue weighted by Crippen LogP contribution is 2.19. The Hall–Kier alpha value is -2.64. The zero-order valence-electron chi connectivity index (χ0n) is 14.2. The highest BCUT2D eigenvalue weighted by atomic mass is 35.5. The molecule has 0 saturated heterocycles. The number of para-hydroxylation sites is 1. The van der Waals surface area contributed by atoms with Crippen molar-refractivity contribution < 1.29 is 14.3 Å². The molecule has 0 aliphatic carbocycles. The van der Waals surface area contributed by atoms with Gasteiger partial charge >= 0.3 is 0 Å². The molecule has 0 unspecified atom stereocenters. The van der Waals surface area contributed by atoms with E-state index in [0.717, 1.165) is 0 Å². The zero-order chi connectivity index (χ0) is 19.1. The zero-order valence-corrected chi connectivity index (χ0v) is 15.8. The first kappa shape index (κ1) is 19.7. The van der Waals surface area contributed by atoms with E-state index in [1.807, 2.05) is 13.8 Å². The van der Waals surface area contributed by atoms with Crippen LogP contribution in [0.15, 0.2) is 48.5 Å². The molecule has 3 N–H and O–H groups in total. The predicted octanol–water partition coefficient (Wildman–Crippen LogP) is 3.08. The lowest BCUT2D eigenvalue weighted by atomic mass is 10.2. The van der Waals surface area contributed by atoms with Crippen LogP contribution in [0.3, 0.4) is 0 Å². The van der Waals surface area contributed by atoms with Crippen molar-refractivity contribution in [2.75, 3.05) is 0 Å². The fraction of sp³-hybridized carbons (Fsp3) is 0.167. The summed E-state index contributed by atoms with van der Waals surface area (Å²) in [4.78, 5) is 24.3. The number of benzene rings is 2. The molecule has 0 bridgehead atoms. The van der Waals surface area contributed by atoms with Crippen LogP contribution in [-0.4, -0.2) is 23.0 Å². The van der Waals surface area contributed by atoms with Gasteiger partial charge in [-0.1, -0.05) is 23.7 Å². The van der Waals surface area contributed by atoms with E-state index in [-0.39, 0.29) is 11.2 Å². The molecule has 2 rings (SSSR count). The SMILES string of the molecule is CC(C)Oc1ccccc1C(=O)NC(=S)NNC(=O)c1ccc(Cl)cc1. The molecule has 0 aromatic heterocycles. The molecular weight excluding hydrogens is 374 g/mol. The van der Waals surface area contributed by atoms with Crippen molar-refractivity contribution in [3.63, 3.8) is 0 Å². The van der Waals surface area contributed by atoms with E-state index in [1.165, 1.54) is 0 Å². The number of nitrogens with one attached hydrogen (secondary N) is 3. The number of thiocarbonyl (C=S) groups is 1. The molecule has 0 fully saturated rings. The lowest BCUT2D eigenvalue weighted by Crippen LogP contribution is -2.48. The van der Waals surface area contributed by atoms with Crippen LogP contribution in [0.5, 0.6) is 5.75 Å². The van der Waals surface area contributed by atoms with Gasteiger partial charge in [0.2, 0.25) is 0 Å². The largest absolute Gasteiger partial charge is 0.490 e. The fourth-order valence-electron chi connectivity index (χ4n) is 2.00. The first-order valence-corrected chi connectivity index (χ1v) is 8.58. The monoisotopic (exact) mass is 391 g/mol. The highest BCUT2D eigenvalue weighted by molar-refractivity contribution is 7.80. The molecule has 0 aliphatic rings. The van der Waals surface area contributed by atoms with Gasteiger partial charge in [-0.15, -0.1) is 0 Å². The minimum Gasteiger partial charge on any atom is -0.490 e. The molecule has 0 aliphatic heterocycles. The summed E-state index contributed by atoms with van der Waals surface area (Å²) in [6, 6.07) is 13.2. The van der Waals surface area contributed by atoms with E-state index in [2.05, 4.69) is 16.2 Å². The normalized spacial score (nSPS) is 10.2. The van der Waals surface area contributed by atoms with Crippen LogP contribution in [0.25, 0.3) is 0 Å². The van der Waals surface area contributed by atoms with Gasteiger partial charge in [-0.25, -0.2) is 0 Å². The van der Waals surface area contributed by atoms with E-state index in [0.29, 0.717) is 21.9 Å². The summed E-state index contributed by atoms with van der Waals surface area (Å²) >= 11 is 10.8. The first-order chi connectivity index (χ1) is 12.4. The minimum absolute atomic E-state index is 0.0448. The topological polar surface area (TPSA) is 79.5 Å². The highest BCUT2D eigenvalue weighted by Gasteiger charge is 2.14. The van der Waals surface area contributed by atoms with Crippen molar-refractivity contribution in [1.82, 2.24) is 16.2 Å². The van der Waals surface area contributed by atoms with Crippen molar-refractivity contribution in [3.8, 4) is 5.75 Å². The molecule has 0 atom stereocenters. The summed E-state index contributed by atoms with van der Waals surface area (Å²) in [5, 5.41) is 2.97. The van der Waals surface area contributed by atoms with E-state index in [9.17, 15) is 9.59 Å². The number of rotatable bonds is 4. The van der Waals surface area contributed by atoms with Crippen molar-refractivity contribution >= 4 is 40.7 Å². The Morgan fingerprint density at radius 1 is 1.00 bits per heavy atom. The lowest BCUT2D eigenvalue weighted by Gasteiger charge is -2.15. The van der Waals surface area contributed by atoms with Gasteiger partial charge in [-0.2, -0.15) is 0 Å². The molecule has 6 nitrogen and oxygen atoms in total. The van der Waals surface area contributed by atoms with Crippen LogP contribution >= 0.6 is 23.8 Å². The molecule has 2 aromatic rings. The molecule has 2 aromatic carbocycles. The molecule has 136 valence electrons. The Kier molecular flexibility index (Phi) is 6.94. The molecule has 0 heterocycles. The third kappa shape index (κ3) is 5.72. The quantitative estimate of drug-likeness (QED) is 0.551. The second kappa shape index (κ2) is 9.17. The van der Waals surface area contributed by atoms with Crippen molar-refractivity contribution in [1.29, 1.82) is 0 Å². The predicted molar refractivity (Wildman–Crippen MR) is 104 cm³/mol. The summed E-state index contributed by atoms with van der Waals surface area (Å²) in [6.07, 6.45) is -0.0762. The van der Waals surface area contributed by atoms with Gasteiger partial charge < -0.3 is 4.74 Å². The number of hydrogen-bond acceptors (Lipinski definition) is 4. The molecule has 2 amide bonds. The van der Waals surface area contributed by atoms with E-state index in [4.69, 9.17) is 28.6 Å². The average molecular weight is 392 g/mol. The van der Waals surface area contributed by atoms with Gasteiger partial charge in [0, 0.05) is 10.6 Å². The molecule has 0 radical (unpaired) electrons. The molecule has 26 heavy (non-hydrogen) atoms. The smallest absolute Gasteiger partial charge is 0.269 e. The summed E-state index contributed by atoms with van der Waals surface area (Å²) in [5.41, 5.74) is 5.62. The van der Waals surface area contributed by atoms with E-state index in [1.54, 1.807) is 48.5 Å². The Labute approximate surface area is 161 Å². The maximum atomic E-state index is 12.4. The standard InChI is InChI=1S/C18H18ClN3O3S/c1-11(2)25-15-6-4-3-5-14(15)17(24)20-18(26)22-21-16(23)12-7-9-13(19)10-8-12/h3-11H,1-2H3,(H,21,23)(H2,20,22,24,26). The van der Waals surface area contributed by atoms with Crippen molar-refractivity contribution in [2.45, 2.75) is 20.0 Å². The summed E-state index contributed by atoms with van der Waals surface area (Å²) < 4.78 is 5.61. The number of hydrogen-bond donors (Lipinski definition) is 3. The maximum Gasteiger partial charge on any atom is 0.269 e. The van der Waals surface area contributed by atoms with E-state index >= 15 is 0 Å². The van der Waals surface area contributed by atoms with Crippen LogP contribution < -0.4 is 20.9 Å². The van der Waals surface area contributed by atoms with Gasteiger partial charge in [0.05, 0.1) is 11.7 Å². The van der Waals surface area contributed by atoms with Crippen molar-refractivity contribution in [3.05, 3.63) is 64.7 Å². The first-order valence-electron chi connectivity index (χ1n) is 7.79. The van der Waals surface area contributed by atoms with Gasteiger partial charge in [0.15, 0.2) is 5.11 Å². The molecule has 0 saturated carbocycles.